The van der Waals surface area contributed by atoms with Gasteiger partial charge < -0.3 is 14.5 Å². The fourth-order valence-corrected chi connectivity index (χ4v) is 1.95. The van der Waals surface area contributed by atoms with Crippen LogP contribution in [0.4, 0.5) is 5.69 Å². The molecule has 1 aromatic carbocycles. The van der Waals surface area contributed by atoms with Crippen LogP contribution in [0.3, 0.4) is 0 Å². The second-order valence-electron chi connectivity index (χ2n) is 6.04. The van der Waals surface area contributed by atoms with Gasteiger partial charge in [-0.1, -0.05) is 12.1 Å². The maximum absolute atomic E-state index is 5.40. The molecule has 3 nitrogen and oxygen atoms in total. The minimum Gasteiger partial charge on any atom is -0.495 e. The molecular formula is C16H28N2O. The fourth-order valence-electron chi connectivity index (χ4n) is 1.95. The smallest absolute Gasteiger partial charge is 0.142 e. The zero-order valence-corrected chi connectivity index (χ0v) is 13.2. The number of anilines is 1. The van der Waals surface area contributed by atoms with Crippen LogP contribution in [0.15, 0.2) is 24.3 Å². The minimum atomic E-state index is 0.239. The van der Waals surface area contributed by atoms with Gasteiger partial charge in [0, 0.05) is 25.7 Å². The van der Waals surface area contributed by atoms with E-state index in [9.17, 15) is 0 Å². The van der Waals surface area contributed by atoms with Crippen LogP contribution in [0.2, 0.25) is 0 Å². The summed E-state index contributed by atoms with van der Waals surface area (Å²) >= 11 is 0. The SMILES string of the molecule is COc1ccccc1N(C)CCCN(C)C(C)(C)C. The summed E-state index contributed by atoms with van der Waals surface area (Å²) in [4.78, 5) is 4.65. The number of nitrogens with zero attached hydrogens (tertiary/aromatic N) is 2. The summed E-state index contributed by atoms with van der Waals surface area (Å²) in [6, 6.07) is 8.17. The lowest BCUT2D eigenvalue weighted by Crippen LogP contribution is -2.39. The minimum absolute atomic E-state index is 0.239. The zero-order chi connectivity index (χ0) is 14.5. The summed E-state index contributed by atoms with van der Waals surface area (Å²) in [6.07, 6.45) is 1.14. The van der Waals surface area contributed by atoms with Crippen molar-refractivity contribution in [3.05, 3.63) is 24.3 Å². The zero-order valence-electron chi connectivity index (χ0n) is 13.2. The average molecular weight is 264 g/mol. The molecule has 0 aliphatic rings. The van der Waals surface area contributed by atoms with Crippen LogP contribution in [0.25, 0.3) is 0 Å². The van der Waals surface area contributed by atoms with E-state index in [4.69, 9.17) is 4.74 Å². The van der Waals surface area contributed by atoms with Gasteiger partial charge in [0.2, 0.25) is 0 Å². The molecule has 0 amide bonds. The molecule has 0 saturated carbocycles. The van der Waals surface area contributed by atoms with Gasteiger partial charge in [-0.05, 0) is 46.4 Å². The number of rotatable bonds is 6. The lowest BCUT2D eigenvalue weighted by Gasteiger charge is -2.32. The first kappa shape index (κ1) is 15.8. The van der Waals surface area contributed by atoms with E-state index < -0.39 is 0 Å². The number of benzene rings is 1. The summed E-state index contributed by atoms with van der Waals surface area (Å²) in [5.41, 5.74) is 1.40. The van der Waals surface area contributed by atoms with E-state index in [-0.39, 0.29) is 5.54 Å². The van der Waals surface area contributed by atoms with E-state index in [0.717, 1.165) is 30.9 Å². The first-order valence-corrected chi connectivity index (χ1v) is 6.91. The van der Waals surface area contributed by atoms with E-state index >= 15 is 0 Å². The van der Waals surface area contributed by atoms with Crippen LogP contribution in [0.5, 0.6) is 5.75 Å². The molecule has 0 aromatic heterocycles. The number of para-hydroxylation sites is 2. The van der Waals surface area contributed by atoms with Crippen molar-refractivity contribution in [2.24, 2.45) is 0 Å². The van der Waals surface area contributed by atoms with E-state index in [1.165, 1.54) is 0 Å². The van der Waals surface area contributed by atoms with Crippen molar-refractivity contribution in [3.8, 4) is 5.75 Å². The average Bonchev–Trinajstić information content (AvgIpc) is 2.37. The topological polar surface area (TPSA) is 15.7 Å². The largest absolute Gasteiger partial charge is 0.495 e. The third kappa shape index (κ3) is 4.75. The fraction of sp³-hybridized carbons (Fsp3) is 0.625. The highest BCUT2D eigenvalue weighted by molar-refractivity contribution is 5.57. The molecule has 0 aliphatic carbocycles. The highest BCUT2D eigenvalue weighted by Gasteiger charge is 2.16. The lowest BCUT2D eigenvalue weighted by atomic mass is 10.1. The van der Waals surface area contributed by atoms with Crippen molar-refractivity contribution < 1.29 is 4.74 Å². The molecule has 0 unspecified atom stereocenters. The number of methoxy groups -OCH3 is 1. The maximum Gasteiger partial charge on any atom is 0.142 e. The number of hydrogen-bond acceptors (Lipinski definition) is 3. The number of hydrogen-bond donors (Lipinski definition) is 0. The predicted octanol–water partition coefficient (Wildman–Crippen LogP) is 3.25. The van der Waals surface area contributed by atoms with Gasteiger partial charge in [0.1, 0.15) is 5.75 Å². The van der Waals surface area contributed by atoms with Gasteiger partial charge in [0.15, 0.2) is 0 Å². The Morgan fingerprint density at radius 3 is 2.26 bits per heavy atom. The van der Waals surface area contributed by atoms with Crippen molar-refractivity contribution in [1.29, 1.82) is 0 Å². The predicted molar refractivity (Wildman–Crippen MR) is 83.3 cm³/mol. The van der Waals surface area contributed by atoms with Crippen LogP contribution >= 0.6 is 0 Å². The number of ether oxygens (including phenoxy) is 1. The van der Waals surface area contributed by atoms with Gasteiger partial charge in [0.25, 0.3) is 0 Å². The van der Waals surface area contributed by atoms with Crippen molar-refractivity contribution >= 4 is 5.69 Å². The highest BCUT2D eigenvalue weighted by Crippen LogP contribution is 2.26. The Hall–Kier alpha value is -1.22. The molecule has 0 saturated heterocycles. The van der Waals surface area contributed by atoms with E-state index in [1.807, 2.05) is 12.1 Å². The van der Waals surface area contributed by atoms with Crippen LogP contribution < -0.4 is 9.64 Å². The molecule has 0 N–H and O–H groups in total. The maximum atomic E-state index is 5.40. The molecule has 3 heteroatoms. The molecule has 0 radical (unpaired) electrons. The third-order valence-electron chi connectivity index (χ3n) is 3.63. The Morgan fingerprint density at radius 1 is 1.05 bits per heavy atom. The molecule has 0 aliphatic heterocycles. The Kier molecular flexibility index (Phi) is 5.67. The Bertz CT molecular complexity index is 385. The van der Waals surface area contributed by atoms with Crippen molar-refractivity contribution in [2.45, 2.75) is 32.7 Å². The van der Waals surface area contributed by atoms with Crippen LogP contribution in [-0.2, 0) is 0 Å². The van der Waals surface area contributed by atoms with Gasteiger partial charge in [0.05, 0.1) is 12.8 Å². The lowest BCUT2D eigenvalue weighted by molar-refractivity contribution is 0.175. The molecule has 1 rings (SSSR count). The van der Waals surface area contributed by atoms with Crippen molar-refractivity contribution in [1.82, 2.24) is 4.90 Å². The van der Waals surface area contributed by atoms with Crippen molar-refractivity contribution in [2.75, 3.05) is 39.2 Å². The molecule has 0 bridgehead atoms. The van der Waals surface area contributed by atoms with Crippen LogP contribution in [0, 0.1) is 0 Å². The second-order valence-corrected chi connectivity index (χ2v) is 6.04. The van der Waals surface area contributed by atoms with Gasteiger partial charge in [-0.3, -0.25) is 0 Å². The summed E-state index contributed by atoms with van der Waals surface area (Å²) in [6.45, 7) is 8.87. The molecule has 0 spiro atoms. The Labute approximate surface area is 118 Å². The summed E-state index contributed by atoms with van der Waals surface area (Å²) < 4.78 is 5.40. The molecule has 0 fully saturated rings. The molecule has 0 atom stereocenters. The van der Waals surface area contributed by atoms with Gasteiger partial charge in [-0.2, -0.15) is 0 Å². The van der Waals surface area contributed by atoms with Gasteiger partial charge in [-0.25, -0.2) is 0 Å². The van der Waals surface area contributed by atoms with E-state index in [1.54, 1.807) is 7.11 Å². The second kappa shape index (κ2) is 6.80. The van der Waals surface area contributed by atoms with Gasteiger partial charge in [-0.15, -0.1) is 0 Å². The molecule has 0 heterocycles. The molecule has 19 heavy (non-hydrogen) atoms. The Balaban J connectivity index is 2.50. The Morgan fingerprint density at radius 2 is 1.68 bits per heavy atom. The summed E-state index contributed by atoms with van der Waals surface area (Å²) in [5.74, 6) is 0.939. The van der Waals surface area contributed by atoms with Crippen LogP contribution in [0.1, 0.15) is 27.2 Å². The van der Waals surface area contributed by atoms with Gasteiger partial charge >= 0.3 is 0 Å². The first-order valence-electron chi connectivity index (χ1n) is 6.91. The first-order chi connectivity index (χ1) is 8.86. The van der Waals surface area contributed by atoms with E-state index in [2.05, 4.69) is 56.8 Å². The molecule has 1 aromatic rings. The van der Waals surface area contributed by atoms with E-state index in [0.29, 0.717) is 0 Å². The quantitative estimate of drug-likeness (QED) is 0.784. The van der Waals surface area contributed by atoms with Crippen molar-refractivity contribution in [3.63, 3.8) is 0 Å². The molecular weight excluding hydrogens is 236 g/mol. The normalized spacial score (nSPS) is 11.7. The highest BCUT2D eigenvalue weighted by atomic mass is 16.5. The standard InChI is InChI=1S/C16H28N2O/c1-16(2,3)18(5)13-9-12-17(4)14-10-7-8-11-15(14)19-6/h7-8,10-11H,9,12-13H2,1-6H3. The monoisotopic (exact) mass is 264 g/mol. The molecule has 108 valence electrons. The summed E-state index contributed by atoms with van der Waals surface area (Å²) in [5, 5.41) is 0. The third-order valence-corrected chi connectivity index (χ3v) is 3.63. The van der Waals surface area contributed by atoms with Crippen LogP contribution in [-0.4, -0.2) is 44.7 Å². The summed E-state index contributed by atoms with van der Waals surface area (Å²) in [7, 11) is 6.03.